The maximum Gasteiger partial charge on any atom is 0.246 e. The lowest BCUT2D eigenvalue weighted by Crippen LogP contribution is -2.13. The molecule has 0 atom stereocenters. The summed E-state index contributed by atoms with van der Waals surface area (Å²) < 4.78 is 15.6. The number of benzene rings is 3. The second-order valence-electron chi connectivity index (χ2n) is 7.07. The third-order valence-electron chi connectivity index (χ3n) is 5.24. The van der Waals surface area contributed by atoms with Crippen LogP contribution >= 0.6 is 0 Å². The van der Waals surface area contributed by atoms with Gasteiger partial charge in [-0.05, 0) is 35.4 Å². The van der Waals surface area contributed by atoms with Crippen molar-refractivity contribution < 1.29 is 9.18 Å². The van der Waals surface area contributed by atoms with Gasteiger partial charge in [-0.25, -0.2) is 4.39 Å². The average Bonchev–Trinajstić information content (AvgIpc) is 3.15. The summed E-state index contributed by atoms with van der Waals surface area (Å²) in [4.78, 5) is 19.6. The molecular weight excluding hydrogens is 365 g/mol. The molecule has 5 rings (SSSR count). The number of fused-ring (bicyclic) bond motifs is 2. The van der Waals surface area contributed by atoms with Gasteiger partial charge in [-0.15, -0.1) is 0 Å². The standard InChI is InChI=1S/C24H18FN3O/c25-23-16(13-15-5-4-10-20-17(15)11-12-26-20)6-3-8-19(23)24-18-7-1-2-9-21(18)28-22(29)14-27-24/h1-12,26H,13-14H2,(H,28,29). The zero-order valence-electron chi connectivity index (χ0n) is 15.6. The first-order chi connectivity index (χ1) is 14.2. The van der Waals surface area contributed by atoms with Gasteiger partial charge in [-0.2, -0.15) is 0 Å². The van der Waals surface area contributed by atoms with Crippen LogP contribution < -0.4 is 5.32 Å². The van der Waals surface area contributed by atoms with Crippen molar-refractivity contribution in [1.29, 1.82) is 0 Å². The summed E-state index contributed by atoms with van der Waals surface area (Å²) in [7, 11) is 0. The van der Waals surface area contributed by atoms with Gasteiger partial charge in [0, 0.05) is 34.6 Å². The van der Waals surface area contributed by atoms with Crippen LogP contribution in [-0.4, -0.2) is 23.1 Å². The number of anilines is 1. The van der Waals surface area contributed by atoms with Crippen LogP contribution in [0.15, 0.2) is 77.9 Å². The fourth-order valence-corrected chi connectivity index (χ4v) is 3.86. The first kappa shape index (κ1) is 17.4. The number of hydrogen-bond acceptors (Lipinski definition) is 2. The van der Waals surface area contributed by atoms with Gasteiger partial charge in [0.1, 0.15) is 12.4 Å². The monoisotopic (exact) mass is 383 g/mol. The second-order valence-corrected chi connectivity index (χ2v) is 7.07. The maximum absolute atomic E-state index is 15.6. The Balaban J connectivity index is 1.60. The molecule has 2 N–H and O–H groups in total. The van der Waals surface area contributed by atoms with Crippen LogP contribution in [0.2, 0.25) is 0 Å². The third-order valence-corrected chi connectivity index (χ3v) is 5.24. The summed E-state index contributed by atoms with van der Waals surface area (Å²) in [5, 5.41) is 3.92. The quantitative estimate of drug-likeness (QED) is 0.530. The van der Waals surface area contributed by atoms with Gasteiger partial charge in [0.2, 0.25) is 5.91 Å². The molecule has 0 unspecified atom stereocenters. The molecule has 5 heteroatoms. The van der Waals surface area contributed by atoms with E-state index in [1.807, 2.05) is 60.8 Å². The van der Waals surface area contributed by atoms with Crippen molar-refractivity contribution in [3.8, 4) is 0 Å². The van der Waals surface area contributed by atoms with Crippen molar-refractivity contribution in [3.05, 3.63) is 101 Å². The zero-order chi connectivity index (χ0) is 19.8. The number of nitrogens with one attached hydrogen (secondary N) is 2. The molecule has 3 aromatic carbocycles. The predicted octanol–water partition coefficient (Wildman–Crippen LogP) is 4.69. The summed E-state index contributed by atoms with van der Waals surface area (Å²) >= 11 is 0. The Hall–Kier alpha value is -3.73. The van der Waals surface area contributed by atoms with Crippen LogP contribution in [0, 0.1) is 5.82 Å². The molecular formula is C24H18FN3O. The van der Waals surface area contributed by atoms with Crippen LogP contribution in [0.25, 0.3) is 10.9 Å². The smallest absolute Gasteiger partial charge is 0.246 e. The van der Waals surface area contributed by atoms with Crippen molar-refractivity contribution in [3.63, 3.8) is 0 Å². The number of aliphatic imine (C=N–C) groups is 1. The highest BCUT2D eigenvalue weighted by Gasteiger charge is 2.21. The average molecular weight is 383 g/mol. The summed E-state index contributed by atoms with van der Waals surface area (Å²) in [5.41, 5.74) is 4.97. The highest BCUT2D eigenvalue weighted by Crippen LogP contribution is 2.27. The summed E-state index contributed by atoms with van der Waals surface area (Å²) in [6.07, 6.45) is 2.36. The van der Waals surface area contributed by atoms with Gasteiger partial charge in [0.15, 0.2) is 0 Å². The molecule has 1 aliphatic heterocycles. The lowest BCUT2D eigenvalue weighted by molar-refractivity contribution is -0.114. The van der Waals surface area contributed by atoms with Crippen LogP contribution in [0.4, 0.5) is 10.1 Å². The van der Waals surface area contributed by atoms with E-state index in [9.17, 15) is 4.79 Å². The lowest BCUT2D eigenvalue weighted by Gasteiger charge is -2.13. The molecule has 29 heavy (non-hydrogen) atoms. The number of aromatic amines is 1. The van der Waals surface area contributed by atoms with E-state index >= 15 is 4.39 Å². The number of H-pyrrole nitrogens is 1. The summed E-state index contributed by atoms with van der Waals surface area (Å²) in [5.74, 6) is -0.508. The van der Waals surface area contributed by atoms with Crippen LogP contribution in [0.5, 0.6) is 0 Å². The number of nitrogens with zero attached hydrogens (tertiary/aromatic N) is 1. The molecule has 1 amide bonds. The molecule has 1 aromatic heterocycles. The molecule has 142 valence electrons. The van der Waals surface area contributed by atoms with E-state index in [4.69, 9.17) is 0 Å². The maximum atomic E-state index is 15.6. The molecule has 0 bridgehead atoms. The first-order valence-corrected chi connectivity index (χ1v) is 9.47. The molecule has 0 aliphatic carbocycles. The normalized spacial score (nSPS) is 13.6. The Kier molecular flexibility index (Phi) is 4.21. The van der Waals surface area contributed by atoms with Crippen molar-refractivity contribution in [2.45, 2.75) is 6.42 Å². The Morgan fingerprint density at radius 2 is 1.69 bits per heavy atom. The first-order valence-electron chi connectivity index (χ1n) is 9.47. The van der Waals surface area contributed by atoms with Crippen molar-refractivity contribution in [2.75, 3.05) is 11.9 Å². The van der Waals surface area contributed by atoms with E-state index in [0.29, 0.717) is 28.9 Å². The van der Waals surface area contributed by atoms with E-state index in [1.54, 1.807) is 12.1 Å². The van der Waals surface area contributed by atoms with Gasteiger partial charge in [-0.3, -0.25) is 9.79 Å². The number of hydrogen-bond donors (Lipinski definition) is 2. The highest BCUT2D eigenvalue weighted by atomic mass is 19.1. The van der Waals surface area contributed by atoms with E-state index in [2.05, 4.69) is 15.3 Å². The van der Waals surface area contributed by atoms with Gasteiger partial charge in [0.05, 0.1) is 11.4 Å². The molecule has 0 spiro atoms. The van der Waals surface area contributed by atoms with Gasteiger partial charge >= 0.3 is 0 Å². The molecule has 2 heterocycles. The van der Waals surface area contributed by atoms with Crippen LogP contribution in [0.3, 0.4) is 0 Å². The van der Waals surface area contributed by atoms with E-state index in [1.165, 1.54) is 0 Å². The molecule has 0 saturated heterocycles. The fraction of sp³-hybridized carbons (Fsp3) is 0.0833. The summed E-state index contributed by atoms with van der Waals surface area (Å²) in [6.45, 7) is -0.0314. The number of carbonyl (C=O) groups is 1. The molecule has 4 nitrogen and oxygen atoms in total. The number of amides is 1. The lowest BCUT2D eigenvalue weighted by atomic mass is 9.95. The van der Waals surface area contributed by atoms with Crippen LogP contribution in [-0.2, 0) is 11.2 Å². The van der Waals surface area contributed by atoms with E-state index in [0.717, 1.165) is 22.0 Å². The van der Waals surface area contributed by atoms with Gasteiger partial charge < -0.3 is 10.3 Å². The second kappa shape index (κ2) is 7.02. The number of para-hydroxylation sites is 1. The molecule has 4 aromatic rings. The number of benzodiazepines with no additional fused rings is 1. The molecule has 0 radical (unpaired) electrons. The minimum Gasteiger partial charge on any atom is -0.361 e. The van der Waals surface area contributed by atoms with Gasteiger partial charge in [0.25, 0.3) is 0 Å². The van der Waals surface area contributed by atoms with Crippen molar-refractivity contribution in [1.82, 2.24) is 4.98 Å². The minimum absolute atomic E-state index is 0.0314. The molecule has 0 fully saturated rings. The third kappa shape index (κ3) is 3.10. The fourth-order valence-electron chi connectivity index (χ4n) is 3.86. The minimum atomic E-state index is -0.303. The predicted molar refractivity (Wildman–Crippen MR) is 113 cm³/mol. The van der Waals surface area contributed by atoms with Gasteiger partial charge in [-0.1, -0.05) is 42.5 Å². The number of aromatic nitrogens is 1. The number of rotatable bonds is 3. The zero-order valence-corrected chi connectivity index (χ0v) is 15.6. The van der Waals surface area contributed by atoms with E-state index < -0.39 is 0 Å². The van der Waals surface area contributed by atoms with Crippen LogP contribution in [0.1, 0.15) is 22.3 Å². The number of carbonyl (C=O) groups excluding carboxylic acids is 1. The highest BCUT2D eigenvalue weighted by molar-refractivity contribution is 6.19. The number of halogens is 1. The van der Waals surface area contributed by atoms with E-state index in [-0.39, 0.29) is 18.3 Å². The SMILES string of the molecule is O=C1CN=C(c2cccc(Cc3cccc4[nH]ccc34)c2F)c2ccccc2N1. The Labute approximate surface area is 167 Å². The Morgan fingerprint density at radius 3 is 2.62 bits per heavy atom. The van der Waals surface area contributed by atoms with Crippen molar-refractivity contribution in [2.24, 2.45) is 4.99 Å². The Bertz CT molecular complexity index is 1270. The van der Waals surface area contributed by atoms with Crippen molar-refractivity contribution >= 4 is 28.2 Å². The molecule has 0 saturated carbocycles. The topological polar surface area (TPSA) is 57.2 Å². The summed E-state index contributed by atoms with van der Waals surface area (Å²) in [6, 6.07) is 20.7. The Morgan fingerprint density at radius 1 is 0.897 bits per heavy atom. The largest absolute Gasteiger partial charge is 0.361 e. The molecule has 1 aliphatic rings.